The Hall–Kier alpha value is -2.95. The standard InChI is InChI=1S/C20H20N2O3/c23-20(13-6-16-4-9-19(10-5-16)22(24)25)17-7-11-18(12-8-17)21-14-2-1-3-15-21/h4-13H,1-3,14-15H2/b13-6+. The number of nitro benzene ring substituents is 1. The van der Waals surface area contributed by atoms with E-state index in [1.165, 1.54) is 37.5 Å². The van der Waals surface area contributed by atoms with E-state index in [1.807, 2.05) is 24.3 Å². The summed E-state index contributed by atoms with van der Waals surface area (Å²) in [5.41, 5.74) is 2.59. The van der Waals surface area contributed by atoms with Crippen LogP contribution >= 0.6 is 0 Å². The molecule has 0 atom stereocenters. The molecule has 0 spiro atoms. The van der Waals surface area contributed by atoms with Crippen LogP contribution in [0.4, 0.5) is 11.4 Å². The van der Waals surface area contributed by atoms with Gasteiger partial charge >= 0.3 is 0 Å². The maximum atomic E-state index is 12.3. The van der Waals surface area contributed by atoms with Crippen LogP contribution < -0.4 is 4.90 Å². The average Bonchev–Trinajstić information content (AvgIpc) is 2.67. The van der Waals surface area contributed by atoms with Crippen LogP contribution in [0, 0.1) is 10.1 Å². The molecule has 5 nitrogen and oxygen atoms in total. The minimum absolute atomic E-state index is 0.0387. The van der Waals surface area contributed by atoms with E-state index in [9.17, 15) is 14.9 Å². The number of nitrogens with zero attached hydrogens (tertiary/aromatic N) is 2. The monoisotopic (exact) mass is 336 g/mol. The SMILES string of the molecule is O=C(/C=C/c1ccc([N+](=O)[O-])cc1)c1ccc(N2CCCCC2)cc1. The topological polar surface area (TPSA) is 63.4 Å². The van der Waals surface area contributed by atoms with Crippen molar-refractivity contribution in [2.24, 2.45) is 0 Å². The van der Waals surface area contributed by atoms with Gasteiger partial charge in [0.15, 0.2) is 5.78 Å². The first-order chi connectivity index (χ1) is 12.1. The second-order valence-electron chi connectivity index (χ2n) is 6.14. The number of nitro groups is 1. The predicted octanol–water partition coefficient (Wildman–Crippen LogP) is 4.48. The van der Waals surface area contributed by atoms with E-state index in [4.69, 9.17) is 0 Å². The fourth-order valence-electron chi connectivity index (χ4n) is 2.96. The smallest absolute Gasteiger partial charge is 0.269 e. The number of non-ortho nitro benzene ring substituents is 1. The molecule has 0 N–H and O–H groups in total. The minimum atomic E-state index is -0.442. The van der Waals surface area contributed by atoms with Gasteiger partial charge in [0.1, 0.15) is 0 Å². The molecule has 128 valence electrons. The van der Waals surface area contributed by atoms with Crippen LogP contribution in [0.1, 0.15) is 35.2 Å². The molecule has 0 amide bonds. The highest BCUT2D eigenvalue weighted by Gasteiger charge is 2.11. The van der Waals surface area contributed by atoms with E-state index >= 15 is 0 Å². The number of piperidine rings is 1. The first-order valence-corrected chi connectivity index (χ1v) is 8.45. The molecule has 25 heavy (non-hydrogen) atoms. The van der Waals surface area contributed by atoms with Crippen LogP contribution in [0.15, 0.2) is 54.6 Å². The summed E-state index contributed by atoms with van der Waals surface area (Å²) in [6.45, 7) is 2.15. The van der Waals surface area contributed by atoms with E-state index in [1.54, 1.807) is 18.2 Å². The van der Waals surface area contributed by atoms with Gasteiger partial charge in [0.25, 0.3) is 5.69 Å². The second-order valence-corrected chi connectivity index (χ2v) is 6.14. The third-order valence-corrected chi connectivity index (χ3v) is 4.40. The minimum Gasteiger partial charge on any atom is -0.372 e. The molecule has 0 aliphatic carbocycles. The molecule has 0 unspecified atom stereocenters. The molecular weight excluding hydrogens is 316 g/mol. The Morgan fingerprint density at radius 1 is 0.960 bits per heavy atom. The van der Waals surface area contributed by atoms with Crippen molar-refractivity contribution in [3.8, 4) is 0 Å². The molecule has 0 bridgehead atoms. The molecule has 0 saturated carbocycles. The Balaban J connectivity index is 1.65. The van der Waals surface area contributed by atoms with Crippen molar-refractivity contribution < 1.29 is 9.72 Å². The number of hydrogen-bond donors (Lipinski definition) is 0. The summed E-state index contributed by atoms with van der Waals surface area (Å²) in [7, 11) is 0. The summed E-state index contributed by atoms with van der Waals surface area (Å²) in [5.74, 6) is -0.0800. The largest absolute Gasteiger partial charge is 0.372 e. The fourth-order valence-corrected chi connectivity index (χ4v) is 2.96. The number of hydrogen-bond acceptors (Lipinski definition) is 4. The lowest BCUT2D eigenvalue weighted by Gasteiger charge is -2.28. The molecule has 2 aromatic carbocycles. The van der Waals surface area contributed by atoms with Gasteiger partial charge in [-0.1, -0.05) is 6.08 Å². The normalized spacial score (nSPS) is 14.6. The summed E-state index contributed by atoms with van der Waals surface area (Å²) in [6, 6.07) is 13.8. The summed E-state index contributed by atoms with van der Waals surface area (Å²) in [4.78, 5) is 24.8. The lowest BCUT2D eigenvalue weighted by molar-refractivity contribution is -0.384. The van der Waals surface area contributed by atoms with E-state index in [2.05, 4.69) is 4.90 Å². The van der Waals surface area contributed by atoms with Crippen molar-refractivity contribution in [2.45, 2.75) is 19.3 Å². The second kappa shape index (κ2) is 7.75. The zero-order valence-corrected chi connectivity index (χ0v) is 13.9. The van der Waals surface area contributed by atoms with Gasteiger partial charge in [-0.15, -0.1) is 0 Å². The van der Waals surface area contributed by atoms with Crippen molar-refractivity contribution in [1.29, 1.82) is 0 Å². The first-order valence-electron chi connectivity index (χ1n) is 8.45. The Bertz CT molecular complexity index is 774. The Morgan fingerprint density at radius 2 is 1.60 bits per heavy atom. The lowest BCUT2D eigenvalue weighted by Crippen LogP contribution is -2.29. The molecule has 2 aromatic rings. The quantitative estimate of drug-likeness (QED) is 0.349. The van der Waals surface area contributed by atoms with Crippen molar-refractivity contribution in [2.75, 3.05) is 18.0 Å². The van der Waals surface area contributed by atoms with Crippen LogP contribution in [0.2, 0.25) is 0 Å². The molecule has 0 aromatic heterocycles. The molecule has 1 heterocycles. The number of carbonyl (C=O) groups is 1. The van der Waals surface area contributed by atoms with Crippen LogP contribution in [-0.4, -0.2) is 23.8 Å². The molecule has 1 saturated heterocycles. The highest BCUT2D eigenvalue weighted by molar-refractivity contribution is 6.07. The van der Waals surface area contributed by atoms with Crippen LogP contribution in [0.5, 0.6) is 0 Å². The number of carbonyl (C=O) groups excluding carboxylic acids is 1. The molecule has 1 fully saturated rings. The average molecular weight is 336 g/mol. The van der Waals surface area contributed by atoms with Crippen LogP contribution in [-0.2, 0) is 0 Å². The zero-order chi connectivity index (χ0) is 17.6. The highest BCUT2D eigenvalue weighted by atomic mass is 16.6. The molecule has 1 aliphatic heterocycles. The van der Waals surface area contributed by atoms with Gasteiger partial charge in [-0.3, -0.25) is 14.9 Å². The van der Waals surface area contributed by atoms with Gasteiger partial charge in [0.05, 0.1) is 4.92 Å². The summed E-state index contributed by atoms with van der Waals surface area (Å²) >= 11 is 0. The Kier molecular flexibility index (Phi) is 5.23. The molecule has 3 rings (SSSR count). The van der Waals surface area contributed by atoms with E-state index in [0.717, 1.165) is 24.3 Å². The number of allylic oxidation sites excluding steroid dienone is 1. The van der Waals surface area contributed by atoms with Crippen molar-refractivity contribution >= 4 is 23.2 Å². The fraction of sp³-hybridized carbons (Fsp3) is 0.250. The maximum absolute atomic E-state index is 12.3. The van der Waals surface area contributed by atoms with Crippen molar-refractivity contribution in [3.63, 3.8) is 0 Å². The van der Waals surface area contributed by atoms with Gasteiger partial charge in [-0.25, -0.2) is 0 Å². The predicted molar refractivity (Wildman–Crippen MR) is 99.0 cm³/mol. The summed E-state index contributed by atoms with van der Waals surface area (Å²) in [6.07, 6.45) is 6.90. The molecule has 1 aliphatic rings. The number of rotatable bonds is 5. The van der Waals surface area contributed by atoms with Crippen molar-refractivity contribution in [3.05, 3.63) is 75.8 Å². The summed E-state index contributed by atoms with van der Waals surface area (Å²) < 4.78 is 0. The third-order valence-electron chi connectivity index (χ3n) is 4.40. The molecule has 0 radical (unpaired) electrons. The Labute approximate surface area is 146 Å². The van der Waals surface area contributed by atoms with Gasteiger partial charge in [-0.05, 0) is 67.3 Å². The molecular formula is C20H20N2O3. The number of anilines is 1. The Morgan fingerprint density at radius 3 is 2.20 bits per heavy atom. The van der Waals surface area contributed by atoms with Gasteiger partial charge < -0.3 is 4.90 Å². The maximum Gasteiger partial charge on any atom is 0.269 e. The molecule has 5 heteroatoms. The number of ketones is 1. The van der Waals surface area contributed by atoms with Gasteiger partial charge in [0.2, 0.25) is 0 Å². The van der Waals surface area contributed by atoms with E-state index < -0.39 is 4.92 Å². The zero-order valence-electron chi connectivity index (χ0n) is 13.9. The number of benzene rings is 2. The lowest BCUT2D eigenvalue weighted by atomic mass is 10.1. The van der Waals surface area contributed by atoms with Crippen LogP contribution in [0.25, 0.3) is 6.08 Å². The summed E-state index contributed by atoms with van der Waals surface area (Å²) in [5, 5.41) is 10.6. The highest BCUT2D eigenvalue weighted by Crippen LogP contribution is 2.20. The third kappa shape index (κ3) is 4.32. The van der Waals surface area contributed by atoms with Gasteiger partial charge in [0, 0.05) is 36.5 Å². The van der Waals surface area contributed by atoms with Crippen LogP contribution in [0.3, 0.4) is 0 Å². The van der Waals surface area contributed by atoms with E-state index in [-0.39, 0.29) is 11.5 Å². The van der Waals surface area contributed by atoms with Gasteiger partial charge in [-0.2, -0.15) is 0 Å². The van der Waals surface area contributed by atoms with E-state index in [0.29, 0.717) is 5.56 Å². The first kappa shape index (κ1) is 16.9. The van der Waals surface area contributed by atoms with Crippen molar-refractivity contribution in [1.82, 2.24) is 0 Å².